The minimum absolute atomic E-state index is 0.0133. The number of hydrogen-bond acceptors (Lipinski definition) is 4. The van der Waals surface area contributed by atoms with E-state index in [9.17, 15) is 4.79 Å². The molecule has 0 spiro atoms. The Labute approximate surface area is 218 Å². The Kier molecular flexibility index (Phi) is 7.69. The van der Waals surface area contributed by atoms with Gasteiger partial charge in [0.2, 0.25) is 0 Å². The van der Waals surface area contributed by atoms with E-state index in [4.69, 9.17) is 21.4 Å². The first-order valence-corrected chi connectivity index (χ1v) is 13.0. The third kappa shape index (κ3) is 5.63. The van der Waals surface area contributed by atoms with Gasteiger partial charge in [0.1, 0.15) is 5.75 Å². The van der Waals surface area contributed by atoms with Crippen molar-refractivity contribution in [3.05, 3.63) is 101 Å². The second-order valence-corrected chi connectivity index (χ2v) is 10.1. The summed E-state index contributed by atoms with van der Waals surface area (Å²) in [6, 6.07) is 26.0. The first-order chi connectivity index (χ1) is 17.6. The van der Waals surface area contributed by atoms with Crippen LogP contribution in [0.4, 0.5) is 0 Å². The van der Waals surface area contributed by atoms with Crippen LogP contribution in [0.5, 0.6) is 5.75 Å². The first-order valence-electron chi connectivity index (χ1n) is 12.7. The van der Waals surface area contributed by atoms with Crippen LogP contribution in [0.15, 0.2) is 84.0 Å². The van der Waals surface area contributed by atoms with Gasteiger partial charge >= 0.3 is 0 Å². The average molecular weight is 502 g/mol. The van der Waals surface area contributed by atoms with Gasteiger partial charge < -0.3 is 4.74 Å². The van der Waals surface area contributed by atoms with Crippen LogP contribution in [0, 0.1) is 5.92 Å². The van der Waals surface area contributed by atoms with E-state index >= 15 is 0 Å². The molecule has 5 nitrogen and oxygen atoms in total. The molecule has 0 N–H and O–H groups in total. The topological polar surface area (TPSA) is 45.1 Å². The van der Waals surface area contributed by atoms with E-state index in [2.05, 4.69) is 35.2 Å². The number of rotatable bonds is 7. The summed E-state index contributed by atoms with van der Waals surface area (Å²) in [7, 11) is 1.65. The second-order valence-electron chi connectivity index (χ2n) is 9.67. The molecule has 2 aliphatic heterocycles. The van der Waals surface area contributed by atoms with Crippen molar-refractivity contribution >= 4 is 23.2 Å². The molecule has 0 saturated carbocycles. The van der Waals surface area contributed by atoms with Gasteiger partial charge in [-0.05, 0) is 67.6 Å². The minimum Gasteiger partial charge on any atom is -0.497 e. The standard InChI is InChI=1S/C30H32ClN3O2/c1-36-25-11-7-10-24(19-25)28-20-29(26-12-5-6-13-27(26)31)34(32-28)30(35)21-33-16-14-23(15-17-33)18-22-8-3-2-4-9-22/h2-13,19,23,29H,14-18,20-21H2,1H3. The Morgan fingerprint density at radius 2 is 1.75 bits per heavy atom. The summed E-state index contributed by atoms with van der Waals surface area (Å²) < 4.78 is 5.40. The van der Waals surface area contributed by atoms with Gasteiger partial charge in [-0.15, -0.1) is 0 Å². The van der Waals surface area contributed by atoms with Crippen molar-refractivity contribution in [3.63, 3.8) is 0 Å². The van der Waals surface area contributed by atoms with Gasteiger partial charge in [0, 0.05) is 17.0 Å². The number of carbonyl (C=O) groups is 1. The predicted octanol–water partition coefficient (Wildman–Crippen LogP) is 5.98. The fourth-order valence-electron chi connectivity index (χ4n) is 5.26. The molecule has 1 fully saturated rings. The molecule has 1 saturated heterocycles. The molecule has 3 aromatic carbocycles. The van der Waals surface area contributed by atoms with E-state index in [0.29, 0.717) is 23.9 Å². The van der Waals surface area contributed by atoms with Crippen molar-refractivity contribution < 1.29 is 9.53 Å². The molecule has 6 heteroatoms. The number of benzene rings is 3. The molecule has 1 atom stereocenters. The maximum Gasteiger partial charge on any atom is 0.257 e. The zero-order valence-electron chi connectivity index (χ0n) is 20.6. The molecule has 36 heavy (non-hydrogen) atoms. The van der Waals surface area contributed by atoms with Crippen molar-refractivity contribution in [2.45, 2.75) is 31.7 Å². The number of ether oxygens (including phenoxy) is 1. The molecule has 186 valence electrons. The number of amides is 1. The molecule has 0 radical (unpaired) electrons. The highest BCUT2D eigenvalue weighted by molar-refractivity contribution is 6.31. The molecule has 0 bridgehead atoms. The van der Waals surface area contributed by atoms with Crippen molar-refractivity contribution in [2.75, 3.05) is 26.7 Å². The molecule has 1 unspecified atom stereocenters. The first kappa shape index (κ1) is 24.5. The number of nitrogens with zero attached hydrogens (tertiary/aromatic N) is 3. The number of piperidine rings is 1. The van der Waals surface area contributed by atoms with Crippen LogP contribution in [0.25, 0.3) is 0 Å². The number of carbonyl (C=O) groups excluding carboxylic acids is 1. The highest BCUT2D eigenvalue weighted by Crippen LogP contribution is 2.37. The molecule has 5 rings (SSSR count). The molecule has 2 aliphatic rings. The Hall–Kier alpha value is -3.15. The van der Waals surface area contributed by atoms with E-state index in [0.717, 1.165) is 54.9 Å². The highest BCUT2D eigenvalue weighted by Gasteiger charge is 2.35. The van der Waals surface area contributed by atoms with Crippen LogP contribution >= 0.6 is 11.6 Å². The third-order valence-corrected chi connectivity index (χ3v) is 7.61. The van der Waals surface area contributed by atoms with Gasteiger partial charge in [-0.25, -0.2) is 5.01 Å². The number of hydrazone groups is 1. The predicted molar refractivity (Wildman–Crippen MR) is 144 cm³/mol. The van der Waals surface area contributed by atoms with E-state index in [1.807, 2.05) is 48.5 Å². The zero-order valence-corrected chi connectivity index (χ0v) is 21.4. The summed E-state index contributed by atoms with van der Waals surface area (Å²) >= 11 is 6.57. The van der Waals surface area contributed by atoms with Gasteiger partial charge in [0.15, 0.2) is 0 Å². The van der Waals surface area contributed by atoms with E-state index < -0.39 is 0 Å². The summed E-state index contributed by atoms with van der Waals surface area (Å²) in [6.07, 6.45) is 3.93. The van der Waals surface area contributed by atoms with Crippen LogP contribution in [-0.4, -0.2) is 48.3 Å². The lowest BCUT2D eigenvalue weighted by atomic mass is 9.90. The summed E-state index contributed by atoms with van der Waals surface area (Å²) in [5.74, 6) is 1.45. The maximum absolute atomic E-state index is 13.6. The lowest BCUT2D eigenvalue weighted by Crippen LogP contribution is -2.42. The van der Waals surface area contributed by atoms with E-state index in [-0.39, 0.29) is 11.9 Å². The highest BCUT2D eigenvalue weighted by atomic mass is 35.5. The van der Waals surface area contributed by atoms with Crippen LogP contribution in [-0.2, 0) is 11.2 Å². The van der Waals surface area contributed by atoms with Crippen LogP contribution in [0.3, 0.4) is 0 Å². The van der Waals surface area contributed by atoms with Crippen molar-refractivity contribution in [1.29, 1.82) is 0 Å². The third-order valence-electron chi connectivity index (χ3n) is 7.27. The monoisotopic (exact) mass is 501 g/mol. The Morgan fingerprint density at radius 1 is 1.00 bits per heavy atom. The quantitative estimate of drug-likeness (QED) is 0.400. The molecular formula is C30H32ClN3O2. The van der Waals surface area contributed by atoms with Gasteiger partial charge in [0.25, 0.3) is 5.91 Å². The Bertz CT molecular complexity index is 1220. The summed E-state index contributed by atoms with van der Waals surface area (Å²) in [5.41, 5.74) is 4.15. The second kappa shape index (κ2) is 11.3. The van der Waals surface area contributed by atoms with Gasteiger partial charge in [0.05, 0.1) is 25.4 Å². The molecule has 0 aromatic heterocycles. The van der Waals surface area contributed by atoms with Gasteiger partial charge in [-0.2, -0.15) is 5.10 Å². The fourth-order valence-corrected chi connectivity index (χ4v) is 5.53. The summed E-state index contributed by atoms with van der Waals surface area (Å²) in [6.45, 7) is 2.23. The smallest absolute Gasteiger partial charge is 0.257 e. The Morgan fingerprint density at radius 3 is 2.50 bits per heavy atom. The maximum atomic E-state index is 13.6. The molecule has 1 amide bonds. The van der Waals surface area contributed by atoms with Crippen LogP contribution in [0.2, 0.25) is 5.02 Å². The Balaban J connectivity index is 1.29. The lowest BCUT2D eigenvalue weighted by Gasteiger charge is -2.33. The van der Waals surface area contributed by atoms with Crippen molar-refractivity contribution in [2.24, 2.45) is 11.0 Å². The molecule has 0 aliphatic carbocycles. The van der Waals surface area contributed by atoms with Crippen molar-refractivity contribution in [3.8, 4) is 5.75 Å². The minimum atomic E-state index is -0.219. The van der Waals surface area contributed by atoms with Crippen LogP contribution in [0.1, 0.15) is 42.0 Å². The lowest BCUT2D eigenvalue weighted by molar-refractivity contribution is -0.134. The van der Waals surface area contributed by atoms with Crippen molar-refractivity contribution in [1.82, 2.24) is 9.91 Å². The van der Waals surface area contributed by atoms with E-state index in [1.165, 1.54) is 5.56 Å². The molecule has 3 aromatic rings. The van der Waals surface area contributed by atoms with Crippen LogP contribution < -0.4 is 4.74 Å². The number of hydrogen-bond donors (Lipinski definition) is 0. The normalized spacial score (nSPS) is 18.8. The summed E-state index contributed by atoms with van der Waals surface area (Å²) in [5, 5.41) is 7.14. The largest absolute Gasteiger partial charge is 0.497 e. The number of methoxy groups -OCH3 is 1. The molecule has 2 heterocycles. The average Bonchev–Trinajstić information content (AvgIpc) is 3.36. The zero-order chi connectivity index (χ0) is 24.9. The fraction of sp³-hybridized carbons (Fsp3) is 0.333. The van der Waals surface area contributed by atoms with E-state index in [1.54, 1.807) is 12.1 Å². The number of halogens is 1. The molecular weight excluding hydrogens is 470 g/mol. The SMILES string of the molecule is COc1cccc(C2=NN(C(=O)CN3CCC(Cc4ccccc4)CC3)C(c3ccccc3Cl)C2)c1. The summed E-state index contributed by atoms with van der Waals surface area (Å²) in [4.78, 5) is 15.9. The number of likely N-dealkylation sites (tertiary alicyclic amines) is 1. The van der Waals surface area contributed by atoms with Gasteiger partial charge in [-0.1, -0.05) is 72.3 Å². The van der Waals surface area contributed by atoms with Gasteiger partial charge in [-0.3, -0.25) is 9.69 Å².